The zero-order chi connectivity index (χ0) is 9.68. The van der Waals surface area contributed by atoms with Gasteiger partial charge in [-0.2, -0.15) is 0 Å². The fourth-order valence-electron chi connectivity index (χ4n) is 1.23. The predicted octanol–water partition coefficient (Wildman–Crippen LogP) is 2.99. The Morgan fingerprint density at radius 2 is 2.23 bits per heavy atom. The van der Waals surface area contributed by atoms with E-state index in [2.05, 4.69) is 6.58 Å². The first-order chi connectivity index (χ1) is 6.25. The Morgan fingerprint density at radius 3 is 2.85 bits per heavy atom. The van der Waals surface area contributed by atoms with Gasteiger partial charge in [0.05, 0.1) is 0 Å². The lowest BCUT2D eigenvalue weighted by atomic mass is 10.0. The summed E-state index contributed by atoms with van der Waals surface area (Å²) in [6.45, 7) is 5.58. The van der Waals surface area contributed by atoms with Crippen LogP contribution < -0.4 is 0 Å². The summed E-state index contributed by atoms with van der Waals surface area (Å²) in [4.78, 5) is 0. The van der Waals surface area contributed by atoms with Crippen LogP contribution >= 0.6 is 0 Å². The second-order valence-corrected chi connectivity index (χ2v) is 2.94. The molecule has 0 spiro atoms. The van der Waals surface area contributed by atoms with Gasteiger partial charge in [0.1, 0.15) is 5.75 Å². The second kappa shape index (κ2) is 4.51. The smallest absolute Gasteiger partial charge is 0.119 e. The van der Waals surface area contributed by atoms with E-state index in [1.165, 1.54) is 0 Å². The Hall–Kier alpha value is -1.50. The van der Waals surface area contributed by atoms with Gasteiger partial charge in [-0.15, -0.1) is 0 Å². The minimum Gasteiger partial charge on any atom is -0.508 e. The molecule has 13 heavy (non-hydrogen) atoms. The molecular formula is C12H14O. The number of aromatic hydroxyl groups is 1. The fraction of sp³-hybridized carbons (Fsp3) is 0.167. The third-order valence-corrected chi connectivity index (χ3v) is 1.98. The summed E-state index contributed by atoms with van der Waals surface area (Å²) in [7, 11) is 0. The Kier molecular flexibility index (Phi) is 3.32. The van der Waals surface area contributed by atoms with Crippen LogP contribution in [0.15, 0.2) is 43.0 Å². The molecule has 0 amide bonds. The minimum absolute atomic E-state index is 0.369. The van der Waals surface area contributed by atoms with Crippen molar-refractivity contribution in [3.63, 3.8) is 0 Å². The number of benzene rings is 1. The molecular weight excluding hydrogens is 160 g/mol. The lowest BCUT2D eigenvalue weighted by Crippen LogP contribution is -1.86. The number of hydrogen-bond donors (Lipinski definition) is 1. The van der Waals surface area contributed by atoms with Crippen LogP contribution in [0, 0.1) is 6.92 Å². The average molecular weight is 174 g/mol. The van der Waals surface area contributed by atoms with Crippen molar-refractivity contribution < 1.29 is 5.11 Å². The van der Waals surface area contributed by atoms with Crippen LogP contribution in [-0.4, -0.2) is 5.11 Å². The van der Waals surface area contributed by atoms with Crippen molar-refractivity contribution in [2.75, 3.05) is 0 Å². The van der Waals surface area contributed by atoms with Crippen LogP contribution in [0.2, 0.25) is 0 Å². The molecule has 0 bridgehead atoms. The summed E-state index contributed by atoms with van der Waals surface area (Å²) in [5.41, 5.74) is 2.11. The fourth-order valence-corrected chi connectivity index (χ4v) is 1.23. The molecule has 0 radical (unpaired) electrons. The van der Waals surface area contributed by atoms with Gasteiger partial charge in [0.25, 0.3) is 0 Å². The number of allylic oxidation sites excluding steroid dienone is 3. The lowest BCUT2D eigenvalue weighted by Gasteiger charge is -2.04. The summed E-state index contributed by atoms with van der Waals surface area (Å²) in [6.07, 6.45) is 6.35. The lowest BCUT2D eigenvalue weighted by molar-refractivity contribution is 0.469. The van der Waals surface area contributed by atoms with Crippen LogP contribution in [0.5, 0.6) is 5.75 Å². The molecule has 0 unspecified atom stereocenters. The van der Waals surface area contributed by atoms with Crippen LogP contribution in [0.4, 0.5) is 0 Å². The van der Waals surface area contributed by atoms with E-state index in [4.69, 9.17) is 0 Å². The normalized spacial score (nSPS) is 10.5. The highest BCUT2D eigenvalue weighted by Crippen LogP contribution is 2.20. The van der Waals surface area contributed by atoms with E-state index in [-0.39, 0.29) is 0 Å². The second-order valence-electron chi connectivity index (χ2n) is 2.94. The zero-order valence-electron chi connectivity index (χ0n) is 7.83. The first-order valence-electron chi connectivity index (χ1n) is 4.30. The summed E-state index contributed by atoms with van der Waals surface area (Å²) < 4.78 is 0. The van der Waals surface area contributed by atoms with Gasteiger partial charge >= 0.3 is 0 Å². The minimum atomic E-state index is 0.369. The summed E-state index contributed by atoms with van der Waals surface area (Å²) in [6, 6.07) is 5.56. The quantitative estimate of drug-likeness (QED) is 0.698. The van der Waals surface area contributed by atoms with Crippen molar-refractivity contribution in [3.8, 4) is 5.75 Å². The molecule has 68 valence electrons. The highest BCUT2D eigenvalue weighted by molar-refractivity contribution is 5.39. The molecule has 1 aromatic rings. The molecule has 1 rings (SSSR count). The number of hydrogen-bond acceptors (Lipinski definition) is 1. The Labute approximate surface area is 79.0 Å². The first-order valence-corrected chi connectivity index (χ1v) is 4.30. The van der Waals surface area contributed by atoms with Gasteiger partial charge in [0.2, 0.25) is 0 Å². The zero-order valence-corrected chi connectivity index (χ0v) is 7.83. The van der Waals surface area contributed by atoms with E-state index in [0.717, 1.165) is 17.5 Å². The molecule has 0 aliphatic carbocycles. The standard InChI is InChI=1S/C12H14O/c1-3-4-5-8-11-10(2)7-6-9-12(11)13/h3-7,9,13H,1,8H2,2H3. The van der Waals surface area contributed by atoms with Gasteiger partial charge in [-0.25, -0.2) is 0 Å². The molecule has 0 heterocycles. The van der Waals surface area contributed by atoms with Crippen molar-refractivity contribution in [1.82, 2.24) is 0 Å². The van der Waals surface area contributed by atoms with Crippen molar-refractivity contribution in [3.05, 3.63) is 54.1 Å². The number of aryl methyl sites for hydroxylation is 1. The average Bonchev–Trinajstić information content (AvgIpc) is 2.10. The molecule has 0 saturated heterocycles. The van der Waals surface area contributed by atoms with E-state index in [1.807, 2.05) is 31.2 Å². The molecule has 1 aromatic carbocycles. The van der Waals surface area contributed by atoms with Crippen molar-refractivity contribution in [1.29, 1.82) is 0 Å². The molecule has 0 saturated carbocycles. The maximum absolute atomic E-state index is 9.53. The SMILES string of the molecule is C=CC=CCc1c(C)cccc1O. The van der Waals surface area contributed by atoms with Gasteiger partial charge in [-0.3, -0.25) is 0 Å². The third kappa shape index (κ3) is 2.48. The van der Waals surface area contributed by atoms with E-state index in [9.17, 15) is 5.11 Å². The highest BCUT2D eigenvalue weighted by Gasteiger charge is 2.00. The highest BCUT2D eigenvalue weighted by atomic mass is 16.3. The van der Waals surface area contributed by atoms with Crippen molar-refractivity contribution in [2.45, 2.75) is 13.3 Å². The van der Waals surface area contributed by atoms with Gasteiger partial charge in [0, 0.05) is 5.56 Å². The largest absolute Gasteiger partial charge is 0.508 e. The number of phenols is 1. The van der Waals surface area contributed by atoms with Gasteiger partial charge in [0.15, 0.2) is 0 Å². The molecule has 1 heteroatoms. The molecule has 0 aliphatic heterocycles. The van der Waals surface area contributed by atoms with Crippen molar-refractivity contribution >= 4 is 0 Å². The molecule has 0 fully saturated rings. The maximum Gasteiger partial charge on any atom is 0.119 e. The molecule has 1 nitrogen and oxygen atoms in total. The molecule has 0 atom stereocenters. The number of phenolic OH excluding ortho intramolecular Hbond substituents is 1. The monoisotopic (exact) mass is 174 g/mol. The predicted molar refractivity (Wildman–Crippen MR) is 55.9 cm³/mol. The Morgan fingerprint density at radius 1 is 1.46 bits per heavy atom. The topological polar surface area (TPSA) is 20.2 Å². The van der Waals surface area contributed by atoms with Crippen LogP contribution in [0.1, 0.15) is 11.1 Å². The summed E-state index contributed by atoms with van der Waals surface area (Å²) in [5, 5.41) is 9.53. The van der Waals surface area contributed by atoms with Crippen LogP contribution in [0.25, 0.3) is 0 Å². The molecule has 0 aliphatic rings. The van der Waals surface area contributed by atoms with Crippen LogP contribution in [0.3, 0.4) is 0 Å². The van der Waals surface area contributed by atoms with Gasteiger partial charge in [-0.1, -0.05) is 36.9 Å². The molecule has 0 aromatic heterocycles. The maximum atomic E-state index is 9.53. The van der Waals surface area contributed by atoms with E-state index in [0.29, 0.717) is 5.75 Å². The summed E-state index contributed by atoms with van der Waals surface area (Å²) >= 11 is 0. The van der Waals surface area contributed by atoms with E-state index >= 15 is 0 Å². The third-order valence-electron chi connectivity index (χ3n) is 1.98. The van der Waals surface area contributed by atoms with E-state index < -0.39 is 0 Å². The number of rotatable bonds is 3. The van der Waals surface area contributed by atoms with Crippen molar-refractivity contribution in [2.24, 2.45) is 0 Å². The summed E-state index contributed by atoms with van der Waals surface area (Å²) in [5.74, 6) is 0.369. The first kappa shape index (κ1) is 9.59. The van der Waals surface area contributed by atoms with Gasteiger partial charge in [-0.05, 0) is 25.0 Å². The van der Waals surface area contributed by atoms with Gasteiger partial charge < -0.3 is 5.11 Å². The molecule has 1 N–H and O–H groups in total. The van der Waals surface area contributed by atoms with Crippen LogP contribution in [-0.2, 0) is 6.42 Å². The van der Waals surface area contributed by atoms with E-state index in [1.54, 1.807) is 12.1 Å². The Bertz CT molecular complexity index is 304. The Balaban J connectivity index is 2.86.